The van der Waals surface area contributed by atoms with Crippen LogP contribution in [0.15, 0.2) is 21.9 Å². The number of hydrogen-bond donors (Lipinski definition) is 4. The second-order valence-corrected chi connectivity index (χ2v) is 5.71. The maximum absolute atomic E-state index is 11.8. The summed E-state index contributed by atoms with van der Waals surface area (Å²) < 4.78 is 16.8. The van der Waals surface area contributed by atoms with Gasteiger partial charge in [-0.3, -0.25) is 19.8 Å². The highest BCUT2D eigenvalue weighted by atomic mass is 31.2. The Morgan fingerprint density at radius 1 is 1.57 bits per heavy atom. The third kappa shape index (κ3) is 3.65. The molecule has 5 atom stereocenters. The summed E-state index contributed by atoms with van der Waals surface area (Å²) in [5.74, 6) is 0. The molecule has 12 heteroatoms. The van der Waals surface area contributed by atoms with Crippen molar-refractivity contribution in [1.82, 2.24) is 9.55 Å². The Hall–Kier alpha value is -0.913. The SMILES string of the molecule is NP(O)OC[C@H]1O[C@@H](n2ccc(=O)[nH]c2=O)[C@H](O[SiH3])[C@@H]1O. The van der Waals surface area contributed by atoms with E-state index in [2.05, 4.69) is 4.98 Å². The number of aromatic nitrogens is 2. The van der Waals surface area contributed by atoms with Gasteiger partial charge in [0, 0.05) is 12.3 Å². The Bertz CT molecular complexity index is 593. The van der Waals surface area contributed by atoms with Crippen molar-refractivity contribution in [3.05, 3.63) is 33.1 Å². The molecular formula is C9H16N3O7PSi. The molecule has 118 valence electrons. The maximum atomic E-state index is 11.8. The van der Waals surface area contributed by atoms with Crippen LogP contribution in [0.5, 0.6) is 0 Å². The molecule has 1 aromatic rings. The van der Waals surface area contributed by atoms with Crippen molar-refractivity contribution in [3.63, 3.8) is 0 Å². The molecule has 0 aromatic carbocycles. The van der Waals surface area contributed by atoms with Gasteiger partial charge in [-0.2, -0.15) is 0 Å². The van der Waals surface area contributed by atoms with E-state index < -0.39 is 44.3 Å². The second kappa shape index (κ2) is 6.90. The maximum Gasteiger partial charge on any atom is 0.330 e. The molecule has 10 nitrogen and oxygen atoms in total. The zero-order chi connectivity index (χ0) is 15.6. The van der Waals surface area contributed by atoms with Gasteiger partial charge in [0.05, 0.1) is 6.61 Å². The fraction of sp³-hybridized carbons (Fsp3) is 0.556. The number of hydrogen-bond acceptors (Lipinski definition) is 8. The van der Waals surface area contributed by atoms with E-state index in [9.17, 15) is 14.7 Å². The number of aliphatic hydroxyl groups excluding tert-OH is 1. The fourth-order valence-electron chi connectivity index (χ4n) is 2.11. The van der Waals surface area contributed by atoms with Gasteiger partial charge in [-0.25, -0.2) is 4.79 Å². The van der Waals surface area contributed by atoms with Crippen LogP contribution >= 0.6 is 8.53 Å². The number of nitrogens with one attached hydrogen (secondary N) is 1. The van der Waals surface area contributed by atoms with E-state index in [0.29, 0.717) is 10.5 Å². The molecule has 0 saturated carbocycles. The Balaban J connectivity index is 2.22. The minimum atomic E-state index is -2.07. The molecule has 1 unspecified atom stereocenters. The molecule has 21 heavy (non-hydrogen) atoms. The smallest absolute Gasteiger partial charge is 0.330 e. The Labute approximate surface area is 123 Å². The molecule has 1 saturated heterocycles. The first-order chi connectivity index (χ1) is 9.93. The molecule has 5 N–H and O–H groups in total. The average Bonchev–Trinajstić information content (AvgIpc) is 2.72. The zero-order valence-electron chi connectivity index (χ0n) is 11.1. The lowest BCUT2D eigenvalue weighted by atomic mass is 10.1. The Morgan fingerprint density at radius 2 is 2.29 bits per heavy atom. The molecule has 0 amide bonds. The fourth-order valence-corrected chi connectivity index (χ4v) is 2.92. The van der Waals surface area contributed by atoms with E-state index in [-0.39, 0.29) is 6.61 Å². The lowest BCUT2D eigenvalue weighted by Crippen LogP contribution is -2.39. The second-order valence-electron chi connectivity index (χ2n) is 4.37. The molecule has 1 aliphatic rings. The van der Waals surface area contributed by atoms with Crippen molar-refractivity contribution >= 4 is 19.0 Å². The molecule has 0 aliphatic carbocycles. The van der Waals surface area contributed by atoms with Crippen LogP contribution < -0.4 is 16.8 Å². The monoisotopic (exact) mass is 337 g/mol. The highest BCUT2D eigenvalue weighted by Gasteiger charge is 2.45. The first-order valence-electron chi connectivity index (χ1n) is 5.98. The first-order valence-corrected chi connectivity index (χ1v) is 8.08. The highest BCUT2D eigenvalue weighted by Crippen LogP contribution is 2.32. The summed E-state index contributed by atoms with van der Waals surface area (Å²) >= 11 is 0. The summed E-state index contributed by atoms with van der Waals surface area (Å²) in [6.07, 6.45) is -2.29. The number of aromatic amines is 1. The van der Waals surface area contributed by atoms with E-state index in [1.165, 1.54) is 6.20 Å². The van der Waals surface area contributed by atoms with Crippen molar-refractivity contribution in [3.8, 4) is 0 Å². The summed E-state index contributed by atoms with van der Waals surface area (Å²) in [6, 6.07) is 1.16. The molecule has 0 bridgehead atoms. The van der Waals surface area contributed by atoms with Gasteiger partial charge in [0.2, 0.25) is 8.53 Å². The van der Waals surface area contributed by atoms with Crippen molar-refractivity contribution in [2.24, 2.45) is 5.50 Å². The predicted molar refractivity (Wildman–Crippen MR) is 75.3 cm³/mol. The van der Waals surface area contributed by atoms with Crippen LogP contribution in [0.4, 0.5) is 0 Å². The van der Waals surface area contributed by atoms with Gasteiger partial charge in [-0.15, -0.1) is 0 Å². The van der Waals surface area contributed by atoms with Crippen molar-refractivity contribution in [2.75, 3.05) is 6.61 Å². The van der Waals surface area contributed by atoms with E-state index in [4.69, 9.17) is 24.1 Å². The first kappa shape index (κ1) is 16.5. The van der Waals surface area contributed by atoms with E-state index in [1.807, 2.05) is 0 Å². The predicted octanol–water partition coefficient (Wildman–Crippen LogP) is -3.34. The molecule has 0 spiro atoms. The van der Waals surface area contributed by atoms with Crippen molar-refractivity contribution in [1.29, 1.82) is 0 Å². The van der Waals surface area contributed by atoms with Gasteiger partial charge in [0.1, 0.15) is 28.8 Å². The highest BCUT2D eigenvalue weighted by molar-refractivity contribution is 7.43. The molecule has 1 aromatic heterocycles. The number of aliphatic hydroxyl groups is 1. The van der Waals surface area contributed by atoms with Gasteiger partial charge in [-0.1, -0.05) is 0 Å². The standard InChI is InChI=1S/C9H16N3O7PSi/c10-20(16)17-3-4-6(14)7(19-21)8(18-4)12-2-1-5(13)11-9(12)15/h1-2,4,6-8,14,16H,3,10H2,21H3,(H,11,13,15)/t4-,6-,7-,8-,20?/m1/s1. The Kier molecular flexibility index (Phi) is 5.41. The molecule has 2 rings (SSSR count). The van der Waals surface area contributed by atoms with Crippen LogP contribution in [-0.2, 0) is 13.7 Å². The summed E-state index contributed by atoms with van der Waals surface area (Å²) in [5.41, 5.74) is 3.90. The lowest BCUT2D eigenvalue weighted by molar-refractivity contribution is -0.0477. The van der Waals surface area contributed by atoms with Gasteiger partial charge in [-0.05, 0) is 0 Å². The van der Waals surface area contributed by atoms with Crippen molar-refractivity contribution in [2.45, 2.75) is 24.5 Å². The quantitative estimate of drug-likeness (QED) is 0.322. The van der Waals surface area contributed by atoms with E-state index in [1.54, 1.807) is 0 Å². The summed E-state index contributed by atoms with van der Waals surface area (Å²) in [5, 5.41) is 10.1. The van der Waals surface area contributed by atoms with Crippen LogP contribution in [0, 0.1) is 0 Å². The van der Waals surface area contributed by atoms with Gasteiger partial charge in [0.15, 0.2) is 6.23 Å². The van der Waals surface area contributed by atoms with Crippen LogP contribution in [0.3, 0.4) is 0 Å². The largest absolute Gasteiger partial charge is 0.418 e. The normalized spacial score (nSPS) is 30.6. The number of nitrogens with two attached hydrogens (primary N) is 1. The van der Waals surface area contributed by atoms with E-state index >= 15 is 0 Å². The lowest BCUT2D eigenvalue weighted by Gasteiger charge is -2.20. The summed E-state index contributed by atoms with van der Waals surface area (Å²) in [4.78, 5) is 33.9. The van der Waals surface area contributed by atoms with Crippen LogP contribution in [0.25, 0.3) is 0 Å². The van der Waals surface area contributed by atoms with Crippen molar-refractivity contribution < 1.29 is 23.7 Å². The van der Waals surface area contributed by atoms with Crippen LogP contribution in [0.2, 0.25) is 0 Å². The minimum Gasteiger partial charge on any atom is -0.418 e. The molecular weight excluding hydrogens is 321 g/mol. The van der Waals surface area contributed by atoms with Gasteiger partial charge < -0.3 is 23.7 Å². The topological polar surface area (TPSA) is 149 Å². The van der Waals surface area contributed by atoms with Crippen LogP contribution in [0.1, 0.15) is 6.23 Å². The number of ether oxygens (including phenoxy) is 1. The third-order valence-electron chi connectivity index (χ3n) is 3.08. The van der Waals surface area contributed by atoms with Gasteiger partial charge >= 0.3 is 5.69 Å². The number of rotatable bonds is 5. The molecule has 1 aliphatic heterocycles. The average molecular weight is 337 g/mol. The zero-order valence-corrected chi connectivity index (χ0v) is 14.0. The minimum absolute atomic E-state index is 0.143. The van der Waals surface area contributed by atoms with Crippen LogP contribution in [-0.4, -0.2) is 55.0 Å². The van der Waals surface area contributed by atoms with E-state index in [0.717, 1.165) is 10.6 Å². The molecule has 0 radical (unpaired) electrons. The number of nitrogens with zero attached hydrogens (tertiary/aromatic N) is 1. The summed E-state index contributed by atoms with van der Waals surface area (Å²) in [7, 11) is -1.76. The summed E-state index contributed by atoms with van der Waals surface area (Å²) in [6.45, 7) is -0.143. The Morgan fingerprint density at radius 3 is 2.86 bits per heavy atom. The van der Waals surface area contributed by atoms with Gasteiger partial charge in [0.25, 0.3) is 5.56 Å². The molecule has 1 fully saturated rings. The number of H-pyrrole nitrogens is 1. The molecule has 2 heterocycles. The third-order valence-corrected chi connectivity index (χ3v) is 4.04.